The van der Waals surface area contributed by atoms with Crippen molar-refractivity contribution in [2.75, 3.05) is 0 Å². The van der Waals surface area contributed by atoms with E-state index in [0.717, 1.165) is 22.6 Å². The van der Waals surface area contributed by atoms with Crippen molar-refractivity contribution >= 4 is 46.0 Å². The van der Waals surface area contributed by atoms with Crippen LogP contribution in [0.3, 0.4) is 0 Å². The van der Waals surface area contributed by atoms with E-state index in [-0.39, 0.29) is 11.6 Å². The Kier molecular flexibility index (Phi) is 4.25. The number of aryl methyl sites for hydroxylation is 1. The number of thioether (sulfide) groups is 1. The van der Waals surface area contributed by atoms with E-state index >= 15 is 0 Å². The number of hydrogen-bond donors (Lipinski definition) is 1. The van der Waals surface area contributed by atoms with E-state index < -0.39 is 4.92 Å². The number of benzene rings is 1. The lowest BCUT2D eigenvalue weighted by molar-refractivity contribution is -0.384. The number of rotatable bonds is 3. The second-order valence-corrected chi connectivity index (χ2v) is 7.01. The summed E-state index contributed by atoms with van der Waals surface area (Å²) in [6.07, 6.45) is 1.81. The van der Waals surface area contributed by atoms with Gasteiger partial charge in [0.2, 0.25) is 0 Å². The van der Waals surface area contributed by atoms with Gasteiger partial charge in [0.1, 0.15) is 4.32 Å². The van der Waals surface area contributed by atoms with Crippen molar-refractivity contribution in [2.24, 2.45) is 0 Å². The zero-order valence-corrected chi connectivity index (χ0v) is 14.5. The lowest BCUT2D eigenvalue weighted by atomic mass is 10.2. The van der Waals surface area contributed by atoms with Crippen LogP contribution in [0.15, 0.2) is 35.2 Å². The van der Waals surface area contributed by atoms with Gasteiger partial charge >= 0.3 is 0 Å². The number of hydrogen-bond acceptors (Lipinski definition) is 5. The van der Waals surface area contributed by atoms with Crippen molar-refractivity contribution in [1.29, 1.82) is 0 Å². The molecule has 2 aromatic rings. The molecule has 0 aliphatic carbocycles. The van der Waals surface area contributed by atoms with E-state index in [1.54, 1.807) is 12.1 Å². The maximum atomic E-state index is 11.8. The molecule has 1 amide bonds. The Morgan fingerprint density at radius 1 is 1.29 bits per heavy atom. The quantitative estimate of drug-likeness (QED) is 0.393. The first kappa shape index (κ1) is 16.4. The fraction of sp³-hybridized carbons (Fsp3) is 0.125. The first-order chi connectivity index (χ1) is 11.4. The van der Waals surface area contributed by atoms with E-state index in [4.69, 9.17) is 12.2 Å². The number of non-ortho nitro benzene ring substituents is 1. The fourth-order valence-corrected chi connectivity index (χ4v) is 3.65. The average Bonchev–Trinajstić information content (AvgIpc) is 2.98. The topological polar surface area (TPSA) is 77.2 Å². The zero-order valence-electron chi connectivity index (χ0n) is 12.9. The molecule has 1 fully saturated rings. The van der Waals surface area contributed by atoms with Gasteiger partial charge in [-0.1, -0.05) is 24.0 Å². The Morgan fingerprint density at radius 2 is 1.96 bits per heavy atom. The summed E-state index contributed by atoms with van der Waals surface area (Å²) in [4.78, 5) is 22.7. The summed E-state index contributed by atoms with van der Waals surface area (Å²) in [7, 11) is 0. The number of nitrogens with zero attached hydrogens (tertiary/aromatic N) is 2. The number of carbonyl (C=O) groups excluding carboxylic acids is 1. The van der Waals surface area contributed by atoms with Crippen LogP contribution in [0.25, 0.3) is 11.8 Å². The number of nitro groups is 1. The molecule has 0 unspecified atom stereocenters. The number of aromatic nitrogens is 1. The first-order valence-corrected chi connectivity index (χ1v) is 8.28. The molecule has 8 heteroatoms. The Morgan fingerprint density at radius 3 is 2.50 bits per heavy atom. The SMILES string of the molecule is Cc1cc(/C=C2/SC(=S)NC2=O)c(C)n1-c1ccc([N+](=O)[O-])cc1. The molecular weight excluding hydrogens is 346 g/mol. The highest BCUT2D eigenvalue weighted by molar-refractivity contribution is 8.26. The molecule has 0 bridgehead atoms. The molecule has 1 aliphatic heterocycles. The number of thiocarbonyl (C=S) groups is 1. The molecule has 0 spiro atoms. The van der Waals surface area contributed by atoms with Crippen LogP contribution in [0.5, 0.6) is 0 Å². The first-order valence-electron chi connectivity index (χ1n) is 7.05. The van der Waals surface area contributed by atoms with Crippen molar-refractivity contribution < 1.29 is 9.72 Å². The minimum atomic E-state index is -0.423. The van der Waals surface area contributed by atoms with Gasteiger partial charge in [-0.25, -0.2) is 0 Å². The summed E-state index contributed by atoms with van der Waals surface area (Å²) in [6, 6.07) is 8.34. The van der Waals surface area contributed by atoms with Crippen LogP contribution in [0.1, 0.15) is 17.0 Å². The predicted octanol–water partition coefficient (Wildman–Crippen LogP) is 3.49. The summed E-state index contributed by atoms with van der Waals surface area (Å²) in [5.41, 5.74) is 3.71. The second-order valence-electron chi connectivity index (χ2n) is 5.29. The molecule has 1 aromatic carbocycles. The second kappa shape index (κ2) is 6.21. The minimum Gasteiger partial charge on any atom is -0.318 e. The average molecular weight is 359 g/mol. The van der Waals surface area contributed by atoms with Gasteiger partial charge in [0.05, 0.1) is 9.83 Å². The highest BCUT2D eigenvalue weighted by Gasteiger charge is 2.23. The fourth-order valence-electron chi connectivity index (χ4n) is 2.62. The molecule has 2 heterocycles. The highest BCUT2D eigenvalue weighted by atomic mass is 32.2. The summed E-state index contributed by atoms with van der Waals surface area (Å²) >= 11 is 6.23. The molecule has 1 aliphatic rings. The van der Waals surface area contributed by atoms with Crippen molar-refractivity contribution in [3.05, 3.63) is 62.3 Å². The van der Waals surface area contributed by atoms with Crippen LogP contribution in [-0.4, -0.2) is 19.7 Å². The van der Waals surface area contributed by atoms with Crippen molar-refractivity contribution in [2.45, 2.75) is 13.8 Å². The normalized spacial score (nSPS) is 15.8. The predicted molar refractivity (Wildman–Crippen MR) is 98.2 cm³/mol. The maximum absolute atomic E-state index is 11.8. The molecule has 6 nitrogen and oxygen atoms in total. The molecule has 1 N–H and O–H groups in total. The van der Waals surface area contributed by atoms with Gasteiger partial charge in [-0.05, 0) is 43.7 Å². The van der Waals surface area contributed by atoms with Gasteiger partial charge in [0, 0.05) is 29.2 Å². The lowest BCUT2D eigenvalue weighted by Crippen LogP contribution is -2.17. The number of nitrogens with one attached hydrogen (secondary N) is 1. The molecule has 1 aromatic heterocycles. The van der Waals surface area contributed by atoms with Crippen LogP contribution in [0.4, 0.5) is 5.69 Å². The third-order valence-corrected chi connectivity index (χ3v) is 4.88. The standard InChI is InChI=1S/C16H13N3O3S2/c1-9-7-11(8-14-15(20)17-16(23)24-14)10(2)18(9)12-3-5-13(6-4-12)19(21)22/h3-8H,1-2H3,(H,17,20,23)/b14-8+. The molecule has 122 valence electrons. The summed E-state index contributed by atoms with van der Waals surface area (Å²) < 4.78 is 2.45. The van der Waals surface area contributed by atoms with Gasteiger partial charge in [0.15, 0.2) is 0 Å². The number of amides is 1. The van der Waals surface area contributed by atoms with Crippen molar-refractivity contribution in [3.8, 4) is 5.69 Å². The summed E-state index contributed by atoms with van der Waals surface area (Å²) in [5, 5.41) is 13.4. The Hall–Kier alpha value is -2.45. The Labute approximate surface area is 147 Å². The molecule has 0 saturated carbocycles. The van der Waals surface area contributed by atoms with Crippen molar-refractivity contribution in [3.63, 3.8) is 0 Å². The Balaban J connectivity index is 2.01. The number of nitro benzene ring substituents is 1. The molecule has 0 atom stereocenters. The van der Waals surface area contributed by atoms with Gasteiger partial charge in [0.25, 0.3) is 11.6 Å². The Bertz CT molecular complexity index is 898. The van der Waals surface area contributed by atoms with Gasteiger partial charge in [-0.15, -0.1) is 0 Å². The van der Waals surface area contributed by atoms with Gasteiger partial charge in [-0.2, -0.15) is 0 Å². The zero-order chi connectivity index (χ0) is 17.4. The monoisotopic (exact) mass is 359 g/mol. The van der Waals surface area contributed by atoms with E-state index in [1.807, 2.05) is 30.6 Å². The van der Waals surface area contributed by atoms with Crippen molar-refractivity contribution in [1.82, 2.24) is 9.88 Å². The number of carbonyl (C=O) groups is 1. The maximum Gasteiger partial charge on any atom is 0.269 e. The minimum absolute atomic E-state index is 0.0519. The van der Waals surface area contributed by atoms with Crippen LogP contribution >= 0.6 is 24.0 Å². The smallest absolute Gasteiger partial charge is 0.269 e. The van der Waals surface area contributed by atoms with Crippen LogP contribution in [0.2, 0.25) is 0 Å². The molecule has 3 rings (SSSR count). The third kappa shape index (κ3) is 2.98. The largest absolute Gasteiger partial charge is 0.318 e. The van der Waals surface area contributed by atoms with Gasteiger partial charge < -0.3 is 9.88 Å². The van der Waals surface area contributed by atoms with Gasteiger partial charge in [-0.3, -0.25) is 14.9 Å². The van der Waals surface area contributed by atoms with E-state index in [9.17, 15) is 14.9 Å². The highest BCUT2D eigenvalue weighted by Crippen LogP contribution is 2.29. The van der Waals surface area contributed by atoms with Crippen LogP contribution < -0.4 is 5.32 Å². The van der Waals surface area contributed by atoms with E-state index in [0.29, 0.717) is 9.23 Å². The third-order valence-electron chi connectivity index (χ3n) is 3.72. The summed E-state index contributed by atoms with van der Waals surface area (Å²) in [6.45, 7) is 3.89. The molecule has 1 saturated heterocycles. The molecule has 0 radical (unpaired) electrons. The lowest BCUT2D eigenvalue weighted by Gasteiger charge is -2.09. The van der Waals surface area contributed by atoms with E-state index in [1.165, 1.54) is 23.9 Å². The van der Waals surface area contributed by atoms with E-state index in [2.05, 4.69) is 5.32 Å². The molecular formula is C16H13N3O3S2. The van der Waals surface area contributed by atoms with Crippen LogP contribution in [-0.2, 0) is 4.79 Å². The summed E-state index contributed by atoms with van der Waals surface area (Å²) in [5.74, 6) is -0.190. The molecule has 24 heavy (non-hydrogen) atoms. The van der Waals surface area contributed by atoms with Crippen LogP contribution in [0, 0.1) is 24.0 Å².